The average Bonchev–Trinajstić information content (AvgIpc) is 3.39. The normalized spacial score (nSPS) is 13.8. The van der Waals surface area contributed by atoms with E-state index in [-0.39, 0.29) is 11.8 Å². The number of morpholine rings is 1. The molecule has 6 rings (SSSR count). The van der Waals surface area contributed by atoms with Crippen molar-refractivity contribution in [3.8, 4) is 0 Å². The van der Waals surface area contributed by atoms with E-state index < -0.39 is 0 Å². The number of hydrogen-bond donors (Lipinski definition) is 3. The van der Waals surface area contributed by atoms with E-state index in [4.69, 9.17) is 14.7 Å². The molecule has 0 atom stereocenters. The first-order valence-electron chi connectivity index (χ1n) is 13.2. The second-order valence-corrected chi connectivity index (χ2v) is 10.1. The van der Waals surface area contributed by atoms with Crippen LogP contribution >= 0.6 is 0 Å². The summed E-state index contributed by atoms with van der Waals surface area (Å²) in [6, 6.07) is 17.7. The van der Waals surface area contributed by atoms with E-state index in [2.05, 4.69) is 39.3 Å². The summed E-state index contributed by atoms with van der Waals surface area (Å²) in [6.45, 7) is 9.34. The predicted octanol–water partition coefficient (Wildman–Crippen LogP) is 5.77. The van der Waals surface area contributed by atoms with Crippen LogP contribution in [0.2, 0.25) is 0 Å². The number of aromatic amines is 1. The zero-order valence-corrected chi connectivity index (χ0v) is 22.3. The Labute approximate surface area is 226 Å². The number of nitrogens with one attached hydrogen (secondary N) is 3. The molecule has 0 unspecified atom stereocenters. The van der Waals surface area contributed by atoms with Crippen LogP contribution in [0.15, 0.2) is 60.8 Å². The fourth-order valence-corrected chi connectivity index (χ4v) is 4.82. The highest BCUT2D eigenvalue weighted by Gasteiger charge is 2.18. The number of amides is 1. The van der Waals surface area contributed by atoms with E-state index in [0.29, 0.717) is 22.7 Å². The standard InChI is InChI=1S/C30H31N7O2/c1-18(2)28-34-25-16-22(33-30-31-17-20-6-4-5-19(3)26(20)36-30)15-24(27(25)35-28)29(38)32-21-7-9-23(10-8-21)37-11-13-39-14-12-37/h4-10,15-18H,11-14H2,1-3H3,(H,32,38)(H,34,35)(H,31,33,36). The maximum atomic E-state index is 13.6. The van der Waals surface area contributed by atoms with Crippen molar-refractivity contribution in [1.29, 1.82) is 0 Å². The van der Waals surface area contributed by atoms with Crippen LogP contribution < -0.4 is 15.5 Å². The number of hydrogen-bond acceptors (Lipinski definition) is 7. The molecule has 0 bridgehead atoms. The Balaban J connectivity index is 1.31. The second kappa shape index (κ2) is 10.3. The Morgan fingerprint density at radius 2 is 1.79 bits per heavy atom. The first kappa shape index (κ1) is 24.8. The van der Waals surface area contributed by atoms with Crippen molar-refractivity contribution in [2.24, 2.45) is 0 Å². The highest BCUT2D eigenvalue weighted by atomic mass is 16.5. The second-order valence-electron chi connectivity index (χ2n) is 10.1. The summed E-state index contributed by atoms with van der Waals surface area (Å²) in [5.74, 6) is 1.23. The van der Waals surface area contributed by atoms with Crippen molar-refractivity contribution in [2.75, 3.05) is 41.8 Å². The lowest BCUT2D eigenvalue weighted by Gasteiger charge is -2.28. The number of aryl methyl sites for hydroxylation is 1. The number of ether oxygens (including phenoxy) is 1. The maximum absolute atomic E-state index is 13.6. The summed E-state index contributed by atoms with van der Waals surface area (Å²) in [5.41, 5.74) is 6.35. The largest absolute Gasteiger partial charge is 0.378 e. The van der Waals surface area contributed by atoms with Gasteiger partial charge in [0.2, 0.25) is 5.95 Å². The number of benzene rings is 3. The molecule has 198 valence electrons. The summed E-state index contributed by atoms with van der Waals surface area (Å²) in [4.78, 5) is 33.2. The van der Waals surface area contributed by atoms with Gasteiger partial charge in [-0.05, 0) is 48.9 Å². The molecule has 9 nitrogen and oxygen atoms in total. The molecule has 3 heterocycles. The van der Waals surface area contributed by atoms with E-state index in [0.717, 1.165) is 65.5 Å². The molecule has 1 fully saturated rings. The van der Waals surface area contributed by atoms with Gasteiger partial charge < -0.3 is 25.3 Å². The van der Waals surface area contributed by atoms with Gasteiger partial charge in [-0.15, -0.1) is 0 Å². The zero-order valence-electron chi connectivity index (χ0n) is 22.3. The van der Waals surface area contributed by atoms with Gasteiger partial charge in [0.05, 0.1) is 29.8 Å². The Kier molecular flexibility index (Phi) is 6.58. The van der Waals surface area contributed by atoms with Gasteiger partial charge in [-0.25, -0.2) is 15.0 Å². The Bertz CT molecular complexity index is 1650. The summed E-state index contributed by atoms with van der Waals surface area (Å²) >= 11 is 0. The van der Waals surface area contributed by atoms with E-state index in [9.17, 15) is 4.79 Å². The molecular formula is C30H31N7O2. The van der Waals surface area contributed by atoms with Crippen molar-refractivity contribution < 1.29 is 9.53 Å². The van der Waals surface area contributed by atoms with Gasteiger partial charge in [-0.3, -0.25) is 4.79 Å². The highest BCUT2D eigenvalue weighted by molar-refractivity contribution is 6.12. The summed E-state index contributed by atoms with van der Waals surface area (Å²) in [6.07, 6.45) is 1.80. The molecule has 39 heavy (non-hydrogen) atoms. The molecule has 9 heteroatoms. The Morgan fingerprint density at radius 1 is 1.00 bits per heavy atom. The SMILES string of the molecule is Cc1cccc2cnc(Nc3cc(C(=O)Nc4ccc(N5CCOCC5)cc4)c4nc(C(C)C)[nH]c4c3)nc12. The molecule has 5 aromatic rings. The first-order valence-corrected chi connectivity index (χ1v) is 13.2. The molecule has 0 spiro atoms. The molecule has 0 radical (unpaired) electrons. The van der Waals surface area contributed by atoms with Crippen LogP contribution in [0.3, 0.4) is 0 Å². The van der Waals surface area contributed by atoms with Gasteiger partial charge in [-0.2, -0.15) is 0 Å². The smallest absolute Gasteiger partial charge is 0.258 e. The number of rotatable bonds is 6. The van der Waals surface area contributed by atoms with Gasteiger partial charge in [-0.1, -0.05) is 32.0 Å². The molecule has 0 aliphatic carbocycles. The Hall–Kier alpha value is -4.50. The number of para-hydroxylation sites is 1. The number of fused-ring (bicyclic) bond motifs is 2. The molecule has 1 aliphatic rings. The van der Waals surface area contributed by atoms with E-state index in [1.54, 1.807) is 12.3 Å². The molecule has 1 amide bonds. The van der Waals surface area contributed by atoms with Crippen LogP contribution in [0.4, 0.5) is 23.0 Å². The molecule has 1 aliphatic heterocycles. The minimum absolute atomic E-state index is 0.184. The topological polar surface area (TPSA) is 108 Å². The van der Waals surface area contributed by atoms with Crippen LogP contribution in [-0.2, 0) is 4.74 Å². The van der Waals surface area contributed by atoms with Crippen molar-refractivity contribution in [3.63, 3.8) is 0 Å². The van der Waals surface area contributed by atoms with Crippen molar-refractivity contribution in [3.05, 3.63) is 77.7 Å². The molecular weight excluding hydrogens is 490 g/mol. The number of anilines is 4. The van der Waals surface area contributed by atoms with Gasteiger partial charge in [0.15, 0.2) is 0 Å². The van der Waals surface area contributed by atoms with Crippen molar-refractivity contribution in [1.82, 2.24) is 19.9 Å². The van der Waals surface area contributed by atoms with Crippen LogP contribution in [0.1, 0.15) is 41.5 Å². The van der Waals surface area contributed by atoms with Crippen LogP contribution in [-0.4, -0.2) is 52.1 Å². The molecule has 3 aromatic carbocycles. The average molecular weight is 522 g/mol. The minimum atomic E-state index is -0.236. The number of nitrogens with zero attached hydrogens (tertiary/aromatic N) is 4. The zero-order chi connectivity index (χ0) is 26.9. The summed E-state index contributed by atoms with van der Waals surface area (Å²) in [7, 11) is 0. The third-order valence-electron chi connectivity index (χ3n) is 6.97. The third kappa shape index (κ3) is 5.13. The van der Waals surface area contributed by atoms with Crippen molar-refractivity contribution >= 4 is 50.9 Å². The number of carbonyl (C=O) groups is 1. The molecule has 3 N–H and O–H groups in total. The minimum Gasteiger partial charge on any atom is -0.378 e. The van der Waals surface area contributed by atoms with Crippen LogP contribution in [0, 0.1) is 6.92 Å². The van der Waals surface area contributed by atoms with Crippen LogP contribution in [0.5, 0.6) is 0 Å². The Morgan fingerprint density at radius 3 is 2.56 bits per heavy atom. The third-order valence-corrected chi connectivity index (χ3v) is 6.97. The number of H-pyrrole nitrogens is 1. The highest BCUT2D eigenvalue weighted by Crippen LogP contribution is 2.28. The van der Waals surface area contributed by atoms with Gasteiger partial charge in [0, 0.05) is 47.7 Å². The van der Waals surface area contributed by atoms with E-state index in [1.165, 1.54) is 0 Å². The van der Waals surface area contributed by atoms with E-state index >= 15 is 0 Å². The lowest BCUT2D eigenvalue weighted by molar-refractivity contribution is 0.102. The van der Waals surface area contributed by atoms with Gasteiger partial charge >= 0.3 is 0 Å². The van der Waals surface area contributed by atoms with Crippen molar-refractivity contribution in [2.45, 2.75) is 26.7 Å². The quantitative estimate of drug-likeness (QED) is 0.260. The number of imidazole rings is 1. The first-order chi connectivity index (χ1) is 18.9. The molecule has 1 saturated heterocycles. The lowest BCUT2D eigenvalue weighted by Crippen LogP contribution is -2.36. The number of carbonyl (C=O) groups excluding carboxylic acids is 1. The monoisotopic (exact) mass is 521 g/mol. The summed E-state index contributed by atoms with van der Waals surface area (Å²) in [5, 5.41) is 7.32. The fraction of sp³-hybridized carbons (Fsp3) is 0.267. The molecule has 0 saturated carbocycles. The maximum Gasteiger partial charge on any atom is 0.258 e. The predicted molar refractivity (Wildman–Crippen MR) is 155 cm³/mol. The van der Waals surface area contributed by atoms with E-state index in [1.807, 2.05) is 55.5 Å². The summed E-state index contributed by atoms with van der Waals surface area (Å²) < 4.78 is 5.45. The fourth-order valence-electron chi connectivity index (χ4n) is 4.82. The van der Waals surface area contributed by atoms with Gasteiger partial charge in [0.25, 0.3) is 5.91 Å². The van der Waals surface area contributed by atoms with Crippen LogP contribution in [0.25, 0.3) is 21.9 Å². The van der Waals surface area contributed by atoms with Gasteiger partial charge in [0.1, 0.15) is 11.3 Å². The lowest BCUT2D eigenvalue weighted by atomic mass is 10.1. The number of aromatic nitrogens is 4. The molecule has 2 aromatic heterocycles.